The molecule has 2 atom stereocenters. The van der Waals surface area contributed by atoms with Gasteiger partial charge in [-0.3, -0.25) is 0 Å². The topological polar surface area (TPSA) is 35.5 Å². The zero-order valence-corrected chi connectivity index (χ0v) is 12.8. The summed E-state index contributed by atoms with van der Waals surface area (Å²) in [6.45, 7) is 5.90. The Morgan fingerprint density at radius 3 is 2.80 bits per heavy atom. The van der Waals surface area contributed by atoms with E-state index < -0.39 is 0 Å². The zero-order chi connectivity index (χ0) is 14.4. The molecule has 3 nitrogen and oxygen atoms in total. The molecular weight excluding hydrogens is 248 g/mol. The van der Waals surface area contributed by atoms with Gasteiger partial charge in [0.15, 0.2) is 0 Å². The molecule has 3 heteroatoms. The van der Waals surface area contributed by atoms with Gasteiger partial charge in [-0.2, -0.15) is 0 Å². The molecule has 1 aliphatic heterocycles. The van der Waals surface area contributed by atoms with Crippen LogP contribution in [0.15, 0.2) is 24.3 Å². The molecule has 1 aromatic carbocycles. The molecule has 1 aromatic rings. The third-order valence-corrected chi connectivity index (χ3v) is 4.28. The zero-order valence-electron chi connectivity index (χ0n) is 12.8. The van der Waals surface area contributed by atoms with Gasteiger partial charge in [-0.05, 0) is 76.4 Å². The Bertz CT molecular complexity index is 390. The average Bonchev–Trinajstić information content (AvgIpc) is 2.45. The first kappa shape index (κ1) is 15.3. The second-order valence-corrected chi connectivity index (χ2v) is 6.28. The van der Waals surface area contributed by atoms with Crippen LogP contribution >= 0.6 is 0 Å². The van der Waals surface area contributed by atoms with Crippen LogP contribution in [0, 0.1) is 5.92 Å². The summed E-state index contributed by atoms with van der Waals surface area (Å²) in [4.78, 5) is 2.44. The molecule has 2 unspecified atom stereocenters. The highest BCUT2D eigenvalue weighted by Gasteiger charge is 2.17. The Balaban J connectivity index is 1.65. The molecule has 1 saturated heterocycles. The minimum Gasteiger partial charge on any atom is -0.508 e. The number of phenolic OH excluding ortho intramolecular Hbond substituents is 1. The molecular formula is C17H28N2O. The fourth-order valence-electron chi connectivity index (χ4n) is 2.96. The van der Waals surface area contributed by atoms with Crippen molar-refractivity contribution in [1.82, 2.24) is 10.2 Å². The van der Waals surface area contributed by atoms with Gasteiger partial charge in [0, 0.05) is 12.6 Å². The van der Waals surface area contributed by atoms with Crippen molar-refractivity contribution >= 4 is 0 Å². The number of aryl methyl sites for hydroxylation is 1. The molecule has 1 aliphatic rings. The van der Waals surface area contributed by atoms with Gasteiger partial charge in [0.2, 0.25) is 0 Å². The van der Waals surface area contributed by atoms with Gasteiger partial charge in [0.05, 0.1) is 0 Å². The van der Waals surface area contributed by atoms with Gasteiger partial charge in [-0.15, -0.1) is 0 Å². The van der Waals surface area contributed by atoms with Crippen molar-refractivity contribution in [1.29, 1.82) is 0 Å². The van der Waals surface area contributed by atoms with E-state index in [1.165, 1.54) is 31.5 Å². The lowest BCUT2D eigenvalue weighted by Gasteiger charge is -2.30. The van der Waals surface area contributed by atoms with Gasteiger partial charge < -0.3 is 15.3 Å². The molecule has 1 heterocycles. The van der Waals surface area contributed by atoms with Crippen molar-refractivity contribution in [2.45, 2.75) is 38.6 Å². The van der Waals surface area contributed by atoms with Crippen molar-refractivity contribution in [2.75, 3.05) is 26.7 Å². The van der Waals surface area contributed by atoms with Crippen LogP contribution in [0.3, 0.4) is 0 Å². The number of phenols is 1. The molecule has 2 N–H and O–H groups in total. The summed E-state index contributed by atoms with van der Waals surface area (Å²) in [6, 6.07) is 8.11. The maximum atomic E-state index is 9.27. The van der Waals surface area contributed by atoms with E-state index >= 15 is 0 Å². The number of aromatic hydroxyl groups is 1. The van der Waals surface area contributed by atoms with E-state index in [1.807, 2.05) is 12.1 Å². The largest absolute Gasteiger partial charge is 0.508 e. The number of benzene rings is 1. The monoisotopic (exact) mass is 276 g/mol. The van der Waals surface area contributed by atoms with Crippen LogP contribution in [0.5, 0.6) is 5.75 Å². The van der Waals surface area contributed by atoms with Crippen LogP contribution in [0.25, 0.3) is 0 Å². The van der Waals surface area contributed by atoms with E-state index in [0.29, 0.717) is 11.8 Å². The number of hydrogen-bond donors (Lipinski definition) is 2. The predicted molar refractivity (Wildman–Crippen MR) is 84.1 cm³/mol. The summed E-state index contributed by atoms with van der Waals surface area (Å²) in [5.74, 6) is 1.16. The smallest absolute Gasteiger partial charge is 0.115 e. The van der Waals surface area contributed by atoms with Gasteiger partial charge in [0.1, 0.15) is 5.75 Å². The van der Waals surface area contributed by atoms with Gasteiger partial charge >= 0.3 is 0 Å². The maximum Gasteiger partial charge on any atom is 0.115 e. The van der Waals surface area contributed by atoms with E-state index in [1.54, 1.807) is 12.1 Å². The molecule has 0 radical (unpaired) electrons. The van der Waals surface area contributed by atoms with Gasteiger partial charge in [0.25, 0.3) is 0 Å². The van der Waals surface area contributed by atoms with E-state index in [9.17, 15) is 5.11 Å². The van der Waals surface area contributed by atoms with Crippen LogP contribution in [0.2, 0.25) is 0 Å². The number of likely N-dealkylation sites (tertiary alicyclic amines) is 1. The van der Waals surface area contributed by atoms with Crippen molar-refractivity contribution < 1.29 is 5.11 Å². The Hall–Kier alpha value is -1.06. The number of nitrogens with one attached hydrogen (secondary N) is 1. The van der Waals surface area contributed by atoms with Gasteiger partial charge in [-0.1, -0.05) is 12.1 Å². The van der Waals surface area contributed by atoms with Crippen LogP contribution in [0.4, 0.5) is 0 Å². The molecule has 0 bridgehead atoms. The first-order valence-electron chi connectivity index (χ1n) is 7.83. The number of nitrogens with zero attached hydrogens (tertiary/aromatic N) is 1. The Kier molecular flexibility index (Phi) is 5.86. The fraction of sp³-hybridized carbons (Fsp3) is 0.647. The number of piperidine rings is 1. The lowest BCUT2D eigenvalue weighted by atomic mass is 9.98. The van der Waals surface area contributed by atoms with Crippen molar-refractivity contribution in [3.63, 3.8) is 0 Å². The van der Waals surface area contributed by atoms with Crippen LogP contribution in [0.1, 0.15) is 31.7 Å². The molecule has 1 fully saturated rings. The maximum absolute atomic E-state index is 9.27. The number of hydrogen-bond acceptors (Lipinski definition) is 3. The molecule has 0 aromatic heterocycles. The van der Waals surface area contributed by atoms with Crippen molar-refractivity contribution in [3.8, 4) is 5.75 Å². The van der Waals surface area contributed by atoms with Crippen molar-refractivity contribution in [3.05, 3.63) is 29.8 Å². The molecule has 112 valence electrons. The van der Waals surface area contributed by atoms with Crippen LogP contribution in [-0.2, 0) is 6.42 Å². The lowest BCUT2D eigenvalue weighted by molar-refractivity contribution is 0.203. The molecule has 20 heavy (non-hydrogen) atoms. The van der Waals surface area contributed by atoms with Crippen LogP contribution < -0.4 is 5.32 Å². The highest BCUT2D eigenvalue weighted by Crippen LogP contribution is 2.15. The highest BCUT2D eigenvalue weighted by molar-refractivity contribution is 5.25. The highest BCUT2D eigenvalue weighted by atomic mass is 16.3. The van der Waals surface area contributed by atoms with E-state index in [-0.39, 0.29) is 0 Å². The predicted octanol–water partition coefficient (Wildman–Crippen LogP) is 2.64. The summed E-state index contributed by atoms with van der Waals surface area (Å²) >= 11 is 0. The Morgan fingerprint density at radius 2 is 2.10 bits per heavy atom. The quantitative estimate of drug-likeness (QED) is 0.838. The minimum absolute atomic E-state index is 0.348. The summed E-state index contributed by atoms with van der Waals surface area (Å²) in [6.07, 6.45) is 4.92. The lowest BCUT2D eigenvalue weighted by Crippen LogP contribution is -2.39. The summed E-state index contributed by atoms with van der Waals surface area (Å²) < 4.78 is 0. The normalized spacial score (nSPS) is 21.8. The molecule has 0 saturated carbocycles. The summed E-state index contributed by atoms with van der Waals surface area (Å²) in [5.41, 5.74) is 1.30. The molecule has 2 rings (SSSR count). The average molecular weight is 276 g/mol. The fourth-order valence-corrected chi connectivity index (χ4v) is 2.96. The molecule has 0 spiro atoms. The van der Waals surface area contributed by atoms with Crippen LogP contribution in [-0.4, -0.2) is 42.7 Å². The Labute approximate surface area is 123 Å². The second kappa shape index (κ2) is 7.65. The SMILES string of the molecule is CC(CCc1ccc(O)cc1)NCC1CCCN(C)C1. The summed E-state index contributed by atoms with van der Waals surface area (Å²) in [7, 11) is 2.22. The van der Waals surface area contributed by atoms with Crippen molar-refractivity contribution in [2.24, 2.45) is 5.92 Å². The first-order chi connectivity index (χ1) is 9.63. The summed E-state index contributed by atoms with van der Waals surface area (Å²) in [5, 5.41) is 12.9. The van der Waals surface area contributed by atoms with E-state index in [0.717, 1.165) is 25.3 Å². The van der Waals surface area contributed by atoms with Gasteiger partial charge in [-0.25, -0.2) is 0 Å². The van der Waals surface area contributed by atoms with E-state index in [2.05, 4.69) is 24.2 Å². The molecule has 0 aliphatic carbocycles. The standard InChI is InChI=1S/C17H28N2O/c1-14(5-6-15-7-9-17(20)10-8-15)18-12-16-4-3-11-19(2)13-16/h7-10,14,16,18,20H,3-6,11-13H2,1-2H3. The minimum atomic E-state index is 0.348. The number of rotatable bonds is 6. The van der Waals surface area contributed by atoms with E-state index in [4.69, 9.17) is 0 Å². The second-order valence-electron chi connectivity index (χ2n) is 6.28. The third-order valence-electron chi connectivity index (χ3n) is 4.28. The molecule has 0 amide bonds. The Morgan fingerprint density at radius 1 is 1.35 bits per heavy atom. The third kappa shape index (κ3) is 5.14. The first-order valence-corrected chi connectivity index (χ1v) is 7.83.